The zero-order chi connectivity index (χ0) is 15.1. The Kier molecular flexibility index (Phi) is 7.66. The summed E-state index contributed by atoms with van der Waals surface area (Å²) in [6.45, 7) is 6.04. The maximum atomic E-state index is 11.2. The van der Waals surface area contributed by atoms with E-state index in [-0.39, 0.29) is 23.1 Å². The van der Waals surface area contributed by atoms with Crippen LogP contribution in [0.3, 0.4) is 0 Å². The van der Waals surface area contributed by atoms with E-state index in [1.54, 1.807) is 6.92 Å². The van der Waals surface area contributed by atoms with Gasteiger partial charge in [0.2, 0.25) is 0 Å². The van der Waals surface area contributed by atoms with Gasteiger partial charge in [0.15, 0.2) is 18.9 Å². The predicted octanol–water partition coefficient (Wildman–Crippen LogP) is -0.724. The number of nitrogens with one attached hydrogen (secondary N) is 1. The SMILES string of the molecule is CCOC(=O)NCC[n+]1ccc2cc(OCC)ccc2c1.[Br-]. The van der Waals surface area contributed by atoms with Crippen LogP contribution in [0, 0.1) is 0 Å². The first kappa shape index (κ1) is 18.2. The van der Waals surface area contributed by atoms with Gasteiger partial charge in [-0.2, -0.15) is 0 Å². The van der Waals surface area contributed by atoms with E-state index in [1.165, 1.54) is 0 Å². The van der Waals surface area contributed by atoms with Gasteiger partial charge in [-0.1, -0.05) is 0 Å². The van der Waals surface area contributed by atoms with Crippen molar-refractivity contribution in [2.75, 3.05) is 19.8 Å². The molecule has 1 amide bonds. The van der Waals surface area contributed by atoms with Crippen LogP contribution < -0.4 is 31.6 Å². The maximum absolute atomic E-state index is 11.2. The number of benzene rings is 1. The van der Waals surface area contributed by atoms with Crippen molar-refractivity contribution in [3.63, 3.8) is 0 Å². The number of carbonyl (C=O) groups is 1. The number of ether oxygens (including phenoxy) is 2. The summed E-state index contributed by atoms with van der Waals surface area (Å²) < 4.78 is 12.3. The molecule has 0 bridgehead atoms. The van der Waals surface area contributed by atoms with Crippen molar-refractivity contribution >= 4 is 16.9 Å². The second-order valence-corrected chi connectivity index (χ2v) is 4.55. The molecule has 0 radical (unpaired) electrons. The number of hydrogen-bond acceptors (Lipinski definition) is 3. The Bertz CT molecular complexity index is 619. The van der Waals surface area contributed by atoms with Crippen molar-refractivity contribution < 1.29 is 35.8 Å². The van der Waals surface area contributed by atoms with Crippen molar-refractivity contribution in [2.24, 2.45) is 0 Å². The highest BCUT2D eigenvalue weighted by atomic mass is 79.9. The number of fused-ring (bicyclic) bond motifs is 1. The number of pyridine rings is 1. The van der Waals surface area contributed by atoms with Gasteiger partial charge in [0, 0.05) is 11.5 Å². The minimum atomic E-state index is -0.375. The zero-order valence-corrected chi connectivity index (χ0v) is 14.4. The van der Waals surface area contributed by atoms with Gasteiger partial charge in [0.25, 0.3) is 0 Å². The smallest absolute Gasteiger partial charge is 0.407 e. The van der Waals surface area contributed by atoms with E-state index < -0.39 is 0 Å². The van der Waals surface area contributed by atoms with Gasteiger partial charge >= 0.3 is 6.09 Å². The summed E-state index contributed by atoms with van der Waals surface area (Å²) in [5, 5.41) is 4.97. The Morgan fingerprint density at radius 2 is 2.00 bits per heavy atom. The lowest BCUT2D eigenvalue weighted by molar-refractivity contribution is -0.693. The quantitative estimate of drug-likeness (QED) is 0.684. The number of nitrogens with zero attached hydrogens (tertiary/aromatic N) is 1. The van der Waals surface area contributed by atoms with Gasteiger partial charge in [-0.15, -0.1) is 0 Å². The molecule has 0 unspecified atom stereocenters. The lowest BCUT2D eigenvalue weighted by Gasteiger charge is -2.05. The first-order valence-corrected chi connectivity index (χ1v) is 7.19. The van der Waals surface area contributed by atoms with Crippen LogP contribution in [-0.2, 0) is 11.3 Å². The second-order valence-electron chi connectivity index (χ2n) is 4.55. The Balaban J connectivity index is 0.00000242. The molecule has 6 heteroatoms. The van der Waals surface area contributed by atoms with E-state index in [9.17, 15) is 4.79 Å². The van der Waals surface area contributed by atoms with E-state index in [0.29, 0.717) is 26.3 Å². The fourth-order valence-corrected chi connectivity index (χ4v) is 2.08. The minimum Gasteiger partial charge on any atom is -1.00 e. The molecule has 120 valence electrons. The highest BCUT2D eigenvalue weighted by Crippen LogP contribution is 2.19. The molecule has 1 heterocycles. The fraction of sp³-hybridized carbons (Fsp3) is 0.375. The second kappa shape index (κ2) is 9.25. The fourth-order valence-electron chi connectivity index (χ4n) is 2.08. The molecule has 0 saturated carbocycles. The summed E-state index contributed by atoms with van der Waals surface area (Å²) in [6, 6.07) is 8.07. The predicted molar refractivity (Wildman–Crippen MR) is 80.3 cm³/mol. The number of hydrogen-bond donors (Lipinski definition) is 1. The molecule has 0 aliphatic heterocycles. The topological polar surface area (TPSA) is 51.4 Å². The van der Waals surface area contributed by atoms with Gasteiger partial charge in [0.1, 0.15) is 5.75 Å². The van der Waals surface area contributed by atoms with E-state index in [4.69, 9.17) is 9.47 Å². The average Bonchev–Trinajstić information content (AvgIpc) is 2.48. The molecule has 5 nitrogen and oxygen atoms in total. The molecule has 1 N–H and O–H groups in total. The maximum Gasteiger partial charge on any atom is 0.407 e. The van der Waals surface area contributed by atoms with Crippen LogP contribution >= 0.6 is 0 Å². The lowest BCUT2D eigenvalue weighted by atomic mass is 10.1. The van der Waals surface area contributed by atoms with E-state index in [2.05, 4.69) is 11.5 Å². The number of alkyl carbamates (subject to hydrolysis) is 1. The lowest BCUT2D eigenvalue weighted by Crippen LogP contribution is -3.00. The van der Waals surface area contributed by atoms with E-state index in [1.807, 2.05) is 42.0 Å². The normalized spacial score (nSPS) is 9.91. The van der Waals surface area contributed by atoms with Crippen LogP contribution in [0.25, 0.3) is 10.8 Å². The monoisotopic (exact) mass is 368 g/mol. The van der Waals surface area contributed by atoms with Gasteiger partial charge in [-0.3, -0.25) is 0 Å². The van der Waals surface area contributed by atoms with Gasteiger partial charge in [-0.25, -0.2) is 9.36 Å². The molecule has 1 aromatic heterocycles. The first-order chi connectivity index (χ1) is 10.2. The number of carbonyl (C=O) groups excluding carboxylic acids is 1. The van der Waals surface area contributed by atoms with E-state index >= 15 is 0 Å². The third kappa shape index (κ3) is 5.18. The number of rotatable bonds is 6. The number of aromatic nitrogens is 1. The van der Waals surface area contributed by atoms with Crippen molar-refractivity contribution in [1.29, 1.82) is 0 Å². The summed E-state index contributed by atoms with van der Waals surface area (Å²) >= 11 is 0. The Morgan fingerprint density at radius 1 is 1.18 bits per heavy atom. The summed E-state index contributed by atoms with van der Waals surface area (Å²) in [7, 11) is 0. The highest BCUT2D eigenvalue weighted by Gasteiger charge is 2.06. The van der Waals surface area contributed by atoms with Gasteiger partial charge in [-0.05, 0) is 37.4 Å². The largest absolute Gasteiger partial charge is 1.00 e. The van der Waals surface area contributed by atoms with Crippen molar-refractivity contribution in [2.45, 2.75) is 20.4 Å². The molecular weight excluding hydrogens is 348 g/mol. The van der Waals surface area contributed by atoms with Gasteiger partial charge in [0.05, 0.1) is 19.8 Å². The highest BCUT2D eigenvalue weighted by molar-refractivity contribution is 5.82. The van der Waals surface area contributed by atoms with Crippen LogP contribution in [0.4, 0.5) is 4.79 Å². The van der Waals surface area contributed by atoms with Crippen molar-refractivity contribution in [3.8, 4) is 5.75 Å². The number of amides is 1. The molecular formula is C16H21BrN2O3. The number of halogens is 1. The van der Waals surface area contributed by atoms with Gasteiger partial charge < -0.3 is 31.8 Å². The Morgan fingerprint density at radius 3 is 2.73 bits per heavy atom. The molecule has 0 aliphatic rings. The molecule has 0 fully saturated rings. The summed E-state index contributed by atoms with van der Waals surface area (Å²) in [5.74, 6) is 0.881. The third-order valence-electron chi connectivity index (χ3n) is 3.03. The molecule has 0 aliphatic carbocycles. The summed E-state index contributed by atoms with van der Waals surface area (Å²) in [5.41, 5.74) is 0. The standard InChI is InChI=1S/C16H20N2O3.BrH/c1-3-20-15-6-5-14-12-18(9-7-13(14)11-15)10-8-17-16(19)21-4-2;/h5-7,9,11-12H,3-4,8,10H2,1-2H3;1H. The summed E-state index contributed by atoms with van der Waals surface area (Å²) in [4.78, 5) is 11.2. The Hall–Kier alpha value is -1.82. The molecule has 2 rings (SSSR count). The first-order valence-electron chi connectivity index (χ1n) is 7.19. The molecule has 0 saturated heterocycles. The average molecular weight is 369 g/mol. The molecule has 0 atom stereocenters. The molecule has 22 heavy (non-hydrogen) atoms. The Labute approximate surface area is 141 Å². The van der Waals surface area contributed by atoms with Crippen LogP contribution in [-0.4, -0.2) is 25.9 Å². The van der Waals surface area contributed by atoms with Crippen molar-refractivity contribution in [3.05, 3.63) is 36.7 Å². The van der Waals surface area contributed by atoms with Crippen LogP contribution in [0.2, 0.25) is 0 Å². The minimum absolute atomic E-state index is 0. The zero-order valence-electron chi connectivity index (χ0n) is 12.8. The third-order valence-corrected chi connectivity index (χ3v) is 3.03. The molecule has 2 aromatic rings. The van der Waals surface area contributed by atoms with Crippen molar-refractivity contribution in [1.82, 2.24) is 5.32 Å². The molecule has 1 aromatic carbocycles. The summed E-state index contributed by atoms with van der Waals surface area (Å²) in [6.07, 6.45) is 3.67. The van der Waals surface area contributed by atoms with Crippen LogP contribution in [0.1, 0.15) is 13.8 Å². The van der Waals surface area contributed by atoms with E-state index in [0.717, 1.165) is 16.5 Å². The molecule has 0 spiro atoms. The van der Waals surface area contributed by atoms with Crippen LogP contribution in [0.15, 0.2) is 36.7 Å². The van der Waals surface area contributed by atoms with Crippen LogP contribution in [0.5, 0.6) is 5.75 Å².